The first kappa shape index (κ1) is 11.0. The summed E-state index contributed by atoms with van der Waals surface area (Å²) in [5, 5.41) is 0. The quantitative estimate of drug-likeness (QED) is 0.661. The predicted octanol–water partition coefficient (Wildman–Crippen LogP) is 2.21. The van der Waals surface area contributed by atoms with Crippen molar-refractivity contribution in [2.75, 3.05) is 6.54 Å². The molecule has 0 saturated heterocycles. The topological polar surface area (TPSA) is 64.4 Å². The summed E-state index contributed by atoms with van der Waals surface area (Å²) in [6, 6.07) is 4.27. The molecule has 4 N–H and O–H groups in total. The van der Waals surface area contributed by atoms with Crippen LogP contribution in [0.1, 0.15) is 24.1 Å². The number of aliphatic imine (C=N–C) groups is 1. The Balaban J connectivity index is 2.18. The predicted molar refractivity (Wildman–Crippen MR) is 68.2 cm³/mol. The van der Waals surface area contributed by atoms with Crippen molar-refractivity contribution in [3.05, 3.63) is 20.8 Å². The van der Waals surface area contributed by atoms with Crippen molar-refractivity contribution in [1.82, 2.24) is 0 Å². The van der Waals surface area contributed by atoms with Gasteiger partial charge in [0.1, 0.15) is 0 Å². The number of hydrogen-bond acceptors (Lipinski definition) is 2. The van der Waals surface area contributed by atoms with Crippen LogP contribution >= 0.6 is 27.3 Å². The van der Waals surface area contributed by atoms with Crippen molar-refractivity contribution < 1.29 is 0 Å². The highest BCUT2D eigenvalue weighted by Crippen LogP contribution is 2.47. The van der Waals surface area contributed by atoms with Crippen LogP contribution < -0.4 is 11.5 Å². The lowest BCUT2D eigenvalue weighted by atomic mass is 9.68. The summed E-state index contributed by atoms with van der Waals surface area (Å²) in [5.74, 6) is 0.192. The Hall–Kier alpha value is -0.550. The van der Waals surface area contributed by atoms with Gasteiger partial charge in [-0.05, 0) is 40.9 Å². The second-order valence-corrected chi connectivity index (χ2v) is 6.44. The van der Waals surface area contributed by atoms with Crippen molar-refractivity contribution in [3.63, 3.8) is 0 Å². The molecule has 5 heteroatoms. The van der Waals surface area contributed by atoms with Crippen molar-refractivity contribution >= 4 is 33.2 Å². The molecule has 15 heavy (non-hydrogen) atoms. The largest absolute Gasteiger partial charge is 0.370 e. The van der Waals surface area contributed by atoms with Crippen LogP contribution in [0.15, 0.2) is 20.9 Å². The Morgan fingerprint density at radius 2 is 2.20 bits per heavy atom. The fraction of sp³-hybridized carbons (Fsp3) is 0.500. The number of thiophene rings is 1. The van der Waals surface area contributed by atoms with Crippen LogP contribution in [0.3, 0.4) is 0 Å². The van der Waals surface area contributed by atoms with E-state index >= 15 is 0 Å². The maximum atomic E-state index is 5.38. The Morgan fingerprint density at radius 1 is 1.47 bits per heavy atom. The molecule has 1 saturated carbocycles. The SMILES string of the molecule is NC(N)=NCC1(c2ccc(Br)s2)CCC1. The monoisotopic (exact) mass is 287 g/mol. The lowest BCUT2D eigenvalue weighted by Crippen LogP contribution is -2.38. The van der Waals surface area contributed by atoms with E-state index in [4.69, 9.17) is 11.5 Å². The number of hydrogen-bond donors (Lipinski definition) is 2. The fourth-order valence-electron chi connectivity index (χ4n) is 1.93. The van der Waals surface area contributed by atoms with Crippen molar-refractivity contribution in [2.45, 2.75) is 24.7 Å². The first-order chi connectivity index (χ1) is 7.12. The van der Waals surface area contributed by atoms with E-state index < -0.39 is 0 Å². The van der Waals surface area contributed by atoms with E-state index in [0.29, 0.717) is 0 Å². The normalized spacial score (nSPS) is 18.2. The summed E-state index contributed by atoms with van der Waals surface area (Å²) < 4.78 is 1.17. The third kappa shape index (κ3) is 2.18. The van der Waals surface area contributed by atoms with Gasteiger partial charge in [-0.2, -0.15) is 0 Å². The summed E-state index contributed by atoms with van der Waals surface area (Å²) in [7, 11) is 0. The van der Waals surface area contributed by atoms with Gasteiger partial charge in [-0.3, -0.25) is 4.99 Å². The van der Waals surface area contributed by atoms with Crippen LogP contribution in [0, 0.1) is 0 Å². The van der Waals surface area contributed by atoms with Crippen LogP contribution in [0.25, 0.3) is 0 Å². The molecule has 2 rings (SSSR count). The van der Waals surface area contributed by atoms with E-state index in [1.54, 1.807) is 11.3 Å². The molecule has 1 aromatic rings. The van der Waals surface area contributed by atoms with Crippen molar-refractivity contribution in [2.24, 2.45) is 16.5 Å². The van der Waals surface area contributed by atoms with Crippen molar-refractivity contribution in [3.8, 4) is 0 Å². The van der Waals surface area contributed by atoms with Gasteiger partial charge >= 0.3 is 0 Å². The van der Waals surface area contributed by atoms with Gasteiger partial charge in [0.05, 0.1) is 10.3 Å². The molecule has 0 unspecified atom stereocenters. The number of nitrogens with two attached hydrogens (primary N) is 2. The number of guanidine groups is 1. The second-order valence-electron chi connectivity index (χ2n) is 3.98. The molecule has 0 atom stereocenters. The first-order valence-electron chi connectivity index (χ1n) is 4.94. The number of halogens is 1. The van der Waals surface area contributed by atoms with E-state index in [2.05, 4.69) is 33.1 Å². The molecule has 3 nitrogen and oxygen atoms in total. The van der Waals surface area contributed by atoms with E-state index in [-0.39, 0.29) is 11.4 Å². The number of nitrogens with zero attached hydrogens (tertiary/aromatic N) is 1. The van der Waals surface area contributed by atoms with Gasteiger partial charge in [0.15, 0.2) is 5.96 Å². The summed E-state index contributed by atoms with van der Waals surface area (Å²) in [4.78, 5) is 5.56. The highest BCUT2D eigenvalue weighted by molar-refractivity contribution is 9.11. The van der Waals surface area contributed by atoms with E-state index in [1.807, 2.05) is 0 Å². The minimum Gasteiger partial charge on any atom is -0.370 e. The van der Waals surface area contributed by atoms with Gasteiger partial charge < -0.3 is 11.5 Å². The zero-order chi connectivity index (χ0) is 10.9. The molecule has 1 heterocycles. The first-order valence-corrected chi connectivity index (χ1v) is 6.55. The van der Waals surface area contributed by atoms with E-state index in [1.165, 1.54) is 27.9 Å². The molecule has 1 aliphatic carbocycles. The molecular weight excluding hydrogens is 274 g/mol. The van der Waals surface area contributed by atoms with E-state index in [0.717, 1.165) is 6.54 Å². The van der Waals surface area contributed by atoms with Gasteiger partial charge in [0.25, 0.3) is 0 Å². The maximum Gasteiger partial charge on any atom is 0.185 e. The second kappa shape index (κ2) is 4.14. The smallest absolute Gasteiger partial charge is 0.185 e. The van der Waals surface area contributed by atoms with Crippen LogP contribution in [0.5, 0.6) is 0 Å². The zero-order valence-electron chi connectivity index (χ0n) is 8.37. The van der Waals surface area contributed by atoms with Crippen molar-refractivity contribution in [1.29, 1.82) is 0 Å². The third-order valence-electron chi connectivity index (χ3n) is 2.97. The standard InChI is InChI=1S/C10H14BrN3S/c11-8-3-2-7(15-8)10(4-1-5-10)6-14-9(12)13/h2-3H,1,4-6H2,(H4,12,13,14). The van der Waals surface area contributed by atoms with Crippen LogP contribution in [-0.4, -0.2) is 12.5 Å². The molecule has 1 aliphatic rings. The van der Waals surface area contributed by atoms with Crippen LogP contribution in [0.2, 0.25) is 0 Å². The van der Waals surface area contributed by atoms with Gasteiger partial charge in [-0.1, -0.05) is 6.42 Å². The van der Waals surface area contributed by atoms with E-state index in [9.17, 15) is 0 Å². The van der Waals surface area contributed by atoms with Gasteiger partial charge in [0, 0.05) is 10.3 Å². The minimum atomic E-state index is 0.192. The minimum absolute atomic E-state index is 0.192. The Bertz CT molecular complexity index is 378. The molecular formula is C10H14BrN3S. The van der Waals surface area contributed by atoms with Gasteiger partial charge in [0.2, 0.25) is 0 Å². The lowest BCUT2D eigenvalue weighted by Gasteiger charge is -2.40. The molecule has 0 spiro atoms. The molecule has 0 aromatic carbocycles. The lowest BCUT2D eigenvalue weighted by molar-refractivity contribution is 0.259. The van der Waals surface area contributed by atoms with Crippen LogP contribution in [0.4, 0.5) is 0 Å². The number of rotatable bonds is 3. The molecule has 0 aliphatic heterocycles. The molecule has 0 amide bonds. The summed E-state index contributed by atoms with van der Waals surface area (Å²) >= 11 is 5.28. The Morgan fingerprint density at radius 3 is 2.60 bits per heavy atom. The average Bonchev–Trinajstić information content (AvgIpc) is 2.50. The molecule has 0 radical (unpaired) electrons. The molecule has 1 fully saturated rings. The molecule has 82 valence electrons. The maximum absolute atomic E-state index is 5.38. The third-order valence-corrected chi connectivity index (χ3v) is 4.84. The summed E-state index contributed by atoms with van der Waals surface area (Å²) in [6.07, 6.45) is 3.66. The highest BCUT2D eigenvalue weighted by atomic mass is 79.9. The van der Waals surface area contributed by atoms with Gasteiger partial charge in [-0.25, -0.2) is 0 Å². The molecule has 1 aromatic heterocycles. The zero-order valence-corrected chi connectivity index (χ0v) is 10.8. The highest BCUT2D eigenvalue weighted by Gasteiger charge is 2.39. The Kier molecular flexibility index (Phi) is 3.02. The molecule has 0 bridgehead atoms. The summed E-state index contributed by atoms with van der Waals surface area (Å²) in [5.41, 5.74) is 11.0. The average molecular weight is 288 g/mol. The fourth-order valence-corrected chi connectivity index (χ4v) is 3.55. The summed E-state index contributed by atoms with van der Waals surface area (Å²) in [6.45, 7) is 0.724. The van der Waals surface area contributed by atoms with Crippen LogP contribution in [-0.2, 0) is 5.41 Å². The van der Waals surface area contributed by atoms with Gasteiger partial charge in [-0.15, -0.1) is 11.3 Å². The Labute approximate surface area is 102 Å².